The molecule has 0 radical (unpaired) electrons. The van der Waals surface area contributed by atoms with Crippen LogP contribution in [0.5, 0.6) is 0 Å². The zero-order valence-electron chi connectivity index (χ0n) is 11.1. The van der Waals surface area contributed by atoms with Gasteiger partial charge in [0.1, 0.15) is 10.3 Å². The van der Waals surface area contributed by atoms with Crippen LogP contribution in [0, 0.1) is 0 Å². The van der Waals surface area contributed by atoms with Crippen LogP contribution >= 0.6 is 23.2 Å². The standard InChI is InChI=1S/C14H19Cl2N3/c1-19(8-9-2-5-13(15)18-14(9)16)12-6-10-3-4-11(7-12)17-10/h2,5,10-12,17H,3-4,6-8H2,1H3. The van der Waals surface area contributed by atoms with Gasteiger partial charge in [-0.05, 0) is 38.8 Å². The molecule has 2 fully saturated rings. The number of aromatic nitrogens is 1. The lowest BCUT2D eigenvalue weighted by molar-refractivity contribution is 0.166. The van der Waals surface area contributed by atoms with Crippen LogP contribution in [-0.4, -0.2) is 35.1 Å². The average molecular weight is 300 g/mol. The van der Waals surface area contributed by atoms with Crippen molar-refractivity contribution in [3.8, 4) is 0 Å². The quantitative estimate of drug-likeness (QED) is 0.869. The van der Waals surface area contributed by atoms with E-state index in [4.69, 9.17) is 23.2 Å². The van der Waals surface area contributed by atoms with Gasteiger partial charge in [0.2, 0.25) is 0 Å². The molecule has 3 nitrogen and oxygen atoms in total. The highest BCUT2D eigenvalue weighted by Crippen LogP contribution is 2.30. The van der Waals surface area contributed by atoms with Gasteiger partial charge in [0.25, 0.3) is 0 Å². The third-order valence-electron chi connectivity index (χ3n) is 4.38. The molecule has 2 atom stereocenters. The molecule has 1 aromatic rings. The van der Waals surface area contributed by atoms with Gasteiger partial charge in [-0.15, -0.1) is 0 Å². The van der Waals surface area contributed by atoms with Crippen LogP contribution in [0.3, 0.4) is 0 Å². The van der Waals surface area contributed by atoms with E-state index >= 15 is 0 Å². The zero-order chi connectivity index (χ0) is 13.4. The maximum absolute atomic E-state index is 6.15. The average Bonchev–Trinajstić information content (AvgIpc) is 2.71. The first kappa shape index (κ1) is 13.6. The predicted octanol–water partition coefficient (Wildman–Crippen LogP) is 3.10. The third kappa shape index (κ3) is 3.05. The van der Waals surface area contributed by atoms with E-state index in [-0.39, 0.29) is 0 Å². The highest BCUT2D eigenvalue weighted by Gasteiger charge is 2.35. The Hall–Kier alpha value is -0.350. The van der Waals surface area contributed by atoms with Gasteiger partial charge in [0.05, 0.1) is 0 Å². The van der Waals surface area contributed by atoms with Crippen LogP contribution in [-0.2, 0) is 6.54 Å². The van der Waals surface area contributed by atoms with E-state index < -0.39 is 0 Å². The Morgan fingerprint density at radius 1 is 1.26 bits per heavy atom. The van der Waals surface area contributed by atoms with Crippen LogP contribution in [0.15, 0.2) is 12.1 Å². The number of rotatable bonds is 3. The van der Waals surface area contributed by atoms with Crippen molar-refractivity contribution in [3.05, 3.63) is 28.0 Å². The molecule has 0 spiro atoms. The van der Waals surface area contributed by atoms with Crippen molar-refractivity contribution >= 4 is 23.2 Å². The summed E-state index contributed by atoms with van der Waals surface area (Å²) in [7, 11) is 2.18. The van der Waals surface area contributed by atoms with E-state index in [1.807, 2.05) is 12.1 Å². The normalized spacial score (nSPS) is 30.0. The van der Waals surface area contributed by atoms with Crippen LogP contribution in [0.4, 0.5) is 0 Å². The van der Waals surface area contributed by atoms with E-state index in [1.54, 1.807) is 0 Å². The molecule has 2 bridgehead atoms. The van der Waals surface area contributed by atoms with Gasteiger partial charge in [0.15, 0.2) is 0 Å². The van der Waals surface area contributed by atoms with Crippen LogP contribution in [0.1, 0.15) is 31.2 Å². The monoisotopic (exact) mass is 299 g/mol. The summed E-state index contributed by atoms with van der Waals surface area (Å²) >= 11 is 12.0. The summed E-state index contributed by atoms with van der Waals surface area (Å²) in [5.41, 5.74) is 1.06. The van der Waals surface area contributed by atoms with E-state index in [2.05, 4.69) is 22.2 Å². The number of nitrogens with zero attached hydrogens (tertiary/aromatic N) is 2. The topological polar surface area (TPSA) is 28.2 Å². The molecule has 1 aromatic heterocycles. The summed E-state index contributed by atoms with van der Waals surface area (Å²) in [6.45, 7) is 0.840. The van der Waals surface area contributed by atoms with Crippen molar-refractivity contribution in [2.75, 3.05) is 7.05 Å². The SMILES string of the molecule is CN(Cc1ccc(Cl)nc1Cl)C1CC2CCC(C1)N2. The van der Waals surface area contributed by atoms with Gasteiger partial charge < -0.3 is 5.32 Å². The number of nitrogens with one attached hydrogen (secondary N) is 1. The van der Waals surface area contributed by atoms with Crippen LogP contribution in [0.2, 0.25) is 10.3 Å². The highest BCUT2D eigenvalue weighted by molar-refractivity contribution is 6.32. The number of pyridine rings is 1. The number of fused-ring (bicyclic) bond motifs is 2. The lowest BCUT2D eigenvalue weighted by atomic mass is 9.98. The van der Waals surface area contributed by atoms with E-state index in [0.717, 1.165) is 12.1 Å². The number of hydrogen-bond acceptors (Lipinski definition) is 3. The Labute approximate surface area is 124 Å². The Bertz CT molecular complexity index is 454. The second-order valence-corrected chi connectivity index (χ2v) is 6.51. The minimum Gasteiger partial charge on any atom is -0.311 e. The minimum atomic E-state index is 0.455. The molecule has 2 aliphatic heterocycles. The summed E-state index contributed by atoms with van der Waals surface area (Å²) in [5.74, 6) is 0. The molecular formula is C14H19Cl2N3. The molecule has 1 N–H and O–H groups in total. The first-order valence-electron chi connectivity index (χ1n) is 6.89. The number of halogens is 2. The maximum atomic E-state index is 6.15. The lowest BCUT2D eigenvalue weighted by Gasteiger charge is -2.35. The van der Waals surface area contributed by atoms with Gasteiger partial charge in [-0.2, -0.15) is 0 Å². The molecule has 2 unspecified atom stereocenters. The van der Waals surface area contributed by atoms with Gasteiger partial charge in [0, 0.05) is 30.2 Å². The molecule has 2 saturated heterocycles. The predicted molar refractivity (Wildman–Crippen MR) is 78.7 cm³/mol. The molecule has 19 heavy (non-hydrogen) atoms. The molecule has 3 rings (SSSR count). The van der Waals surface area contributed by atoms with Crippen molar-refractivity contribution in [2.24, 2.45) is 0 Å². The lowest BCUT2D eigenvalue weighted by Crippen LogP contribution is -2.46. The highest BCUT2D eigenvalue weighted by atomic mass is 35.5. The fourth-order valence-electron chi connectivity index (χ4n) is 3.34. The van der Waals surface area contributed by atoms with Gasteiger partial charge >= 0.3 is 0 Å². The largest absolute Gasteiger partial charge is 0.311 e. The molecule has 2 aliphatic rings. The van der Waals surface area contributed by atoms with Crippen molar-refractivity contribution in [3.63, 3.8) is 0 Å². The first-order valence-corrected chi connectivity index (χ1v) is 7.64. The van der Waals surface area contributed by atoms with Gasteiger partial charge in [-0.3, -0.25) is 4.90 Å². The van der Waals surface area contributed by atoms with E-state index in [0.29, 0.717) is 28.4 Å². The molecule has 3 heterocycles. The number of piperidine rings is 1. The summed E-state index contributed by atoms with van der Waals surface area (Å²) in [6.07, 6.45) is 5.15. The van der Waals surface area contributed by atoms with Gasteiger partial charge in [-0.25, -0.2) is 4.98 Å². The summed E-state index contributed by atoms with van der Waals surface area (Å²) in [5, 5.41) is 4.65. The second kappa shape index (κ2) is 5.57. The van der Waals surface area contributed by atoms with Crippen LogP contribution in [0.25, 0.3) is 0 Å². The van der Waals surface area contributed by atoms with E-state index in [9.17, 15) is 0 Å². The van der Waals surface area contributed by atoms with E-state index in [1.165, 1.54) is 25.7 Å². The first-order chi connectivity index (χ1) is 9.11. The second-order valence-electron chi connectivity index (χ2n) is 5.76. The van der Waals surface area contributed by atoms with Crippen molar-refractivity contribution in [1.82, 2.24) is 15.2 Å². The Morgan fingerprint density at radius 3 is 2.58 bits per heavy atom. The smallest absolute Gasteiger partial charge is 0.135 e. The molecular weight excluding hydrogens is 281 g/mol. The molecule has 0 aromatic carbocycles. The summed E-state index contributed by atoms with van der Waals surface area (Å²) in [4.78, 5) is 6.51. The number of hydrogen-bond donors (Lipinski definition) is 1. The Balaban J connectivity index is 1.66. The molecule has 0 saturated carbocycles. The van der Waals surface area contributed by atoms with Crippen molar-refractivity contribution < 1.29 is 0 Å². The fourth-order valence-corrected chi connectivity index (χ4v) is 3.75. The Morgan fingerprint density at radius 2 is 1.95 bits per heavy atom. The third-order valence-corrected chi connectivity index (χ3v) is 4.92. The molecule has 5 heteroatoms. The Kier molecular flexibility index (Phi) is 3.99. The molecule has 104 valence electrons. The summed E-state index contributed by atoms with van der Waals surface area (Å²) < 4.78 is 0. The summed E-state index contributed by atoms with van der Waals surface area (Å²) in [6, 6.07) is 5.85. The van der Waals surface area contributed by atoms with Crippen molar-refractivity contribution in [1.29, 1.82) is 0 Å². The maximum Gasteiger partial charge on any atom is 0.135 e. The zero-order valence-corrected chi connectivity index (χ0v) is 12.6. The minimum absolute atomic E-state index is 0.455. The molecule has 0 aliphatic carbocycles. The fraction of sp³-hybridized carbons (Fsp3) is 0.643. The molecule has 0 amide bonds. The van der Waals surface area contributed by atoms with Gasteiger partial charge in [-0.1, -0.05) is 29.3 Å². The van der Waals surface area contributed by atoms with Crippen LogP contribution < -0.4 is 5.32 Å². The van der Waals surface area contributed by atoms with Crippen molar-refractivity contribution in [2.45, 2.75) is 50.4 Å².